The van der Waals surface area contributed by atoms with Crippen molar-refractivity contribution >= 4 is 5.97 Å². The van der Waals surface area contributed by atoms with Crippen LogP contribution in [0.2, 0.25) is 0 Å². The summed E-state index contributed by atoms with van der Waals surface area (Å²) in [7, 11) is 0. The maximum atomic E-state index is 11.2. The number of esters is 1. The van der Waals surface area contributed by atoms with E-state index in [1.54, 1.807) is 6.08 Å². The fourth-order valence-electron chi connectivity index (χ4n) is 3.07. The van der Waals surface area contributed by atoms with E-state index in [9.17, 15) is 9.90 Å². The van der Waals surface area contributed by atoms with E-state index in [1.165, 1.54) is 11.1 Å². The van der Waals surface area contributed by atoms with Gasteiger partial charge in [-0.3, -0.25) is 0 Å². The number of carbonyl (C=O) groups excluding carboxylic acids is 1. The Morgan fingerprint density at radius 2 is 1.66 bits per heavy atom. The highest BCUT2D eigenvalue weighted by atomic mass is 16.5. The van der Waals surface area contributed by atoms with Gasteiger partial charge in [-0.2, -0.15) is 0 Å². The SMILES string of the molecule is CC1=CC(=O)OC1C/C=C(\C)CC/C=C(\C)CC/C=C(\C)C(O)C/C=C(/C)CO. The number of aliphatic hydroxyl groups is 2. The topological polar surface area (TPSA) is 66.8 Å². The average molecular weight is 403 g/mol. The van der Waals surface area contributed by atoms with E-state index in [-0.39, 0.29) is 18.7 Å². The minimum atomic E-state index is -0.480. The average Bonchev–Trinajstić information content (AvgIpc) is 3.00. The number of carbonyl (C=O) groups is 1. The van der Waals surface area contributed by atoms with Crippen molar-refractivity contribution in [3.8, 4) is 0 Å². The molecule has 1 aliphatic rings. The van der Waals surface area contributed by atoms with E-state index in [0.717, 1.165) is 48.8 Å². The molecule has 1 aliphatic heterocycles. The number of rotatable bonds is 12. The fourth-order valence-corrected chi connectivity index (χ4v) is 3.07. The van der Waals surface area contributed by atoms with Crippen LogP contribution >= 0.6 is 0 Å². The van der Waals surface area contributed by atoms with Crippen molar-refractivity contribution in [1.29, 1.82) is 0 Å². The molecule has 4 nitrogen and oxygen atoms in total. The summed E-state index contributed by atoms with van der Waals surface area (Å²) in [4.78, 5) is 11.2. The maximum Gasteiger partial charge on any atom is 0.331 e. The largest absolute Gasteiger partial charge is 0.454 e. The van der Waals surface area contributed by atoms with Crippen molar-refractivity contribution in [2.45, 2.75) is 85.4 Å². The first kappa shape index (κ1) is 25.1. The second-order valence-corrected chi connectivity index (χ2v) is 8.14. The molecule has 2 unspecified atom stereocenters. The summed E-state index contributed by atoms with van der Waals surface area (Å²) in [6, 6.07) is 0. The van der Waals surface area contributed by atoms with Crippen LogP contribution in [0.3, 0.4) is 0 Å². The van der Waals surface area contributed by atoms with Gasteiger partial charge in [0.05, 0.1) is 12.7 Å². The van der Waals surface area contributed by atoms with Gasteiger partial charge < -0.3 is 14.9 Å². The molecule has 4 heteroatoms. The van der Waals surface area contributed by atoms with Crippen molar-refractivity contribution in [2.75, 3.05) is 6.61 Å². The van der Waals surface area contributed by atoms with Gasteiger partial charge >= 0.3 is 5.97 Å². The lowest BCUT2D eigenvalue weighted by Gasteiger charge is -2.10. The Kier molecular flexibility index (Phi) is 11.6. The zero-order chi connectivity index (χ0) is 21.8. The van der Waals surface area contributed by atoms with E-state index in [1.807, 2.05) is 26.8 Å². The monoisotopic (exact) mass is 402 g/mol. The van der Waals surface area contributed by atoms with Crippen molar-refractivity contribution in [3.05, 3.63) is 58.2 Å². The smallest absolute Gasteiger partial charge is 0.331 e. The van der Waals surface area contributed by atoms with Crippen LogP contribution in [0.5, 0.6) is 0 Å². The van der Waals surface area contributed by atoms with E-state index < -0.39 is 6.10 Å². The summed E-state index contributed by atoms with van der Waals surface area (Å²) in [6.07, 6.45) is 14.7. The maximum absolute atomic E-state index is 11.2. The first-order valence-electron chi connectivity index (χ1n) is 10.5. The van der Waals surface area contributed by atoms with Crippen molar-refractivity contribution in [2.24, 2.45) is 0 Å². The third kappa shape index (κ3) is 10.4. The van der Waals surface area contributed by atoms with Crippen molar-refractivity contribution in [1.82, 2.24) is 0 Å². The molecule has 0 aromatic rings. The van der Waals surface area contributed by atoms with Crippen LogP contribution in [0.4, 0.5) is 0 Å². The quantitative estimate of drug-likeness (QED) is 0.342. The minimum Gasteiger partial charge on any atom is -0.454 e. The lowest BCUT2D eigenvalue weighted by Crippen LogP contribution is -2.09. The molecule has 0 fully saturated rings. The molecule has 162 valence electrons. The zero-order valence-electron chi connectivity index (χ0n) is 18.7. The Hall–Kier alpha value is -1.91. The molecular formula is C25H38O4. The van der Waals surface area contributed by atoms with Gasteiger partial charge in [-0.25, -0.2) is 4.79 Å². The summed E-state index contributed by atoms with van der Waals surface area (Å²) >= 11 is 0. The summed E-state index contributed by atoms with van der Waals surface area (Å²) in [6.45, 7) is 10.1. The standard InChI is InChI=1S/C25H38O4/c1-18(10-7-11-21(4)23(27)14-12-20(3)17-26)8-6-9-19(2)13-15-24-22(5)16-25(28)29-24/h8,11-13,16,23-24,26-27H,6-7,9-10,14-15,17H2,1-5H3/b18-8+,19-13+,20-12-,21-11+. The van der Waals surface area contributed by atoms with E-state index in [0.29, 0.717) is 6.42 Å². The summed E-state index contributed by atoms with van der Waals surface area (Å²) in [5.41, 5.74) is 5.54. The van der Waals surface area contributed by atoms with E-state index in [2.05, 4.69) is 32.1 Å². The van der Waals surface area contributed by atoms with Gasteiger partial charge in [0.15, 0.2) is 0 Å². The number of aliphatic hydroxyl groups excluding tert-OH is 2. The molecule has 1 rings (SSSR count). The number of cyclic esters (lactones) is 1. The normalized spacial score (nSPS) is 20.0. The number of hydrogen-bond acceptors (Lipinski definition) is 4. The van der Waals surface area contributed by atoms with Crippen molar-refractivity contribution in [3.63, 3.8) is 0 Å². The Bertz CT molecular complexity index is 692. The molecule has 0 saturated carbocycles. The summed E-state index contributed by atoms with van der Waals surface area (Å²) in [5.74, 6) is -0.231. The zero-order valence-corrected chi connectivity index (χ0v) is 18.7. The van der Waals surface area contributed by atoms with E-state index >= 15 is 0 Å². The summed E-state index contributed by atoms with van der Waals surface area (Å²) < 4.78 is 5.25. The Morgan fingerprint density at radius 3 is 2.24 bits per heavy atom. The van der Waals surface area contributed by atoms with Gasteiger partial charge in [-0.15, -0.1) is 0 Å². The van der Waals surface area contributed by atoms with Gasteiger partial charge in [-0.05, 0) is 77.9 Å². The number of hydrogen-bond donors (Lipinski definition) is 2. The van der Waals surface area contributed by atoms with Gasteiger partial charge in [0.1, 0.15) is 6.10 Å². The third-order valence-corrected chi connectivity index (χ3v) is 5.29. The van der Waals surface area contributed by atoms with Crippen LogP contribution < -0.4 is 0 Å². The molecule has 0 bridgehead atoms. The van der Waals surface area contributed by atoms with Crippen LogP contribution in [-0.2, 0) is 9.53 Å². The minimum absolute atomic E-state index is 0.0405. The number of allylic oxidation sites excluding steroid dienone is 4. The molecule has 0 aliphatic carbocycles. The highest BCUT2D eigenvalue weighted by Crippen LogP contribution is 2.20. The van der Waals surface area contributed by atoms with Crippen LogP contribution in [0, 0.1) is 0 Å². The summed E-state index contributed by atoms with van der Waals surface area (Å²) in [5, 5.41) is 19.1. The highest BCUT2D eigenvalue weighted by molar-refractivity contribution is 5.85. The predicted octanol–water partition coefficient (Wildman–Crippen LogP) is 5.34. The first-order chi connectivity index (χ1) is 13.7. The first-order valence-corrected chi connectivity index (χ1v) is 10.5. The second kappa shape index (κ2) is 13.3. The molecule has 2 atom stereocenters. The molecular weight excluding hydrogens is 364 g/mol. The number of ether oxygens (including phenoxy) is 1. The molecule has 0 aromatic heterocycles. The van der Waals surface area contributed by atoms with Crippen LogP contribution in [0.15, 0.2) is 58.2 Å². The van der Waals surface area contributed by atoms with Crippen molar-refractivity contribution < 1.29 is 19.7 Å². The third-order valence-electron chi connectivity index (χ3n) is 5.29. The lowest BCUT2D eigenvalue weighted by atomic mass is 10.0. The predicted molar refractivity (Wildman–Crippen MR) is 119 cm³/mol. The van der Waals surface area contributed by atoms with E-state index in [4.69, 9.17) is 9.84 Å². The molecule has 0 spiro atoms. The lowest BCUT2D eigenvalue weighted by molar-refractivity contribution is -0.138. The highest BCUT2D eigenvalue weighted by Gasteiger charge is 2.21. The second-order valence-electron chi connectivity index (χ2n) is 8.14. The molecule has 0 radical (unpaired) electrons. The molecule has 1 heterocycles. The van der Waals surface area contributed by atoms with Gasteiger partial charge in [0.2, 0.25) is 0 Å². The van der Waals surface area contributed by atoms with Gasteiger partial charge in [0, 0.05) is 12.5 Å². The Labute approximate surface area is 176 Å². The molecule has 0 saturated heterocycles. The fraction of sp³-hybridized carbons (Fsp3) is 0.560. The molecule has 0 amide bonds. The Morgan fingerprint density at radius 1 is 1.03 bits per heavy atom. The van der Waals surface area contributed by atoms with Crippen LogP contribution in [0.1, 0.15) is 73.1 Å². The van der Waals surface area contributed by atoms with Crippen LogP contribution in [-0.4, -0.2) is 35.0 Å². The molecule has 2 N–H and O–H groups in total. The van der Waals surface area contributed by atoms with Gasteiger partial charge in [-0.1, -0.05) is 41.0 Å². The molecule has 29 heavy (non-hydrogen) atoms. The Balaban J connectivity index is 2.32. The van der Waals surface area contributed by atoms with Crippen LogP contribution in [0.25, 0.3) is 0 Å². The van der Waals surface area contributed by atoms with Gasteiger partial charge in [0.25, 0.3) is 0 Å². The molecule has 0 aromatic carbocycles.